The van der Waals surface area contributed by atoms with Crippen LogP contribution >= 0.6 is 0 Å². The second kappa shape index (κ2) is 9.75. The molecule has 4 N–H and O–H groups in total. The lowest BCUT2D eigenvalue weighted by Gasteiger charge is -2.71. The second-order valence-corrected chi connectivity index (χ2v) is 17.4. The molecule has 4 saturated carbocycles. The Labute approximate surface area is 252 Å². The van der Waals surface area contributed by atoms with Crippen molar-refractivity contribution < 1.29 is 34.7 Å². The van der Waals surface area contributed by atoms with Gasteiger partial charge in [-0.3, -0.25) is 4.79 Å². The van der Waals surface area contributed by atoms with Crippen molar-refractivity contribution in [3.8, 4) is 0 Å². The number of hydrogen-bond acceptors (Lipinski definition) is 6. The van der Waals surface area contributed by atoms with E-state index in [1.807, 2.05) is 0 Å². The Morgan fingerprint density at radius 1 is 0.881 bits per heavy atom. The number of carbonyl (C=O) groups is 1. The minimum atomic E-state index is -1.17. The Morgan fingerprint density at radius 2 is 1.57 bits per heavy atom. The van der Waals surface area contributed by atoms with Gasteiger partial charge in [0.25, 0.3) is 0 Å². The molecular weight excluding hydrogens is 532 g/mol. The molecule has 0 aromatic carbocycles. The average molecular weight is 589 g/mol. The van der Waals surface area contributed by atoms with Crippen molar-refractivity contribution in [2.24, 2.45) is 56.2 Å². The fourth-order valence-corrected chi connectivity index (χ4v) is 12.1. The maximum atomic E-state index is 12.9. The fraction of sp³-hybridized carbons (Fsp3) is 0.914. The highest BCUT2D eigenvalue weighted by Crippen LogP contribution is 2.75. The van der Waals surface area contributed by atoms with Crippen molar-refractivity contribution in [1.82, 2.24) is 0 Å². The smallest absolute Gasteiger partial charge is 0.309 e. The van der Waals surface area contributed by atoms with E-state index in [2.05, 4.69) is 60.6 Å². The van der Waals surface area contributed by atoms with Crippen LogP contribution in [-0.2, 0) is 14.3 Å². The maximum absolute atomic E-state index is 12.9. The fourth-order valence-electron chi connectivity index (χ4n) is 12.1. The van der Waals surface area contributed by atoms with Crippen molar-refractivity contribution in [3.63, 3.8) is 0 Å². The SMILES string of the molecule is CC1(C)CC[C@@]2(C(=O)O)CC[C@]3(C)[C@@H](C=C[C@H]4[C@@]5(C)CC[C@H](O[C@H]6O[C@H](CO)[C@@H](O)[C@@H]6O)C(C)(C)[C@@H]5CC[C@]43C)[C@@H]2C1. The first kappa shape index (κ1) is 31.0. The zero-order valence-electron chi connectivity index (χ0n) is 26.9. The third-order valence-corrected chi connectivity index (χ3v) is 14.8. The number of ether oxygens (including phenoxy) is 2. The van der Waals surface area contributed by atoms with Crippen molar-refractivity contribution in [2.45, 2.75) is 137 Å². The van der Waals surface area contributed by atoms with E-state index in [0.29, 0.717) is 11.8 Å². The molecule has 0 bridgehead atoms. The molecule has 0 aromatic heterocycles. The van der Waals surface area contributed by atoms with E-state index < -0.39 is 36.0 Å². The molecule has 6 rings (SSSR count). The molecule has 0 radical (unpaired) electrons. The lowest BCUT2D eigenvalue weighted by molar-refractivity contribution is -0.261. The monoisotopic (exact) mass is 588 g/mol. The quantitative estimate of drug-likeness (QED) is 0.318. The largest absolute Gasteiger partial charge is 0.481 e. The maximum Gasteiger partial charge on any atom is 0.309 e. The third-order valence-electron chi connectivity index (χ3n) is 14.8. The normalized spacial score (nSPS) is 54.3. The number of allylic oxidation sites excluding steroid dienone is 2. The summed E-state index contributed by atoms with van der Waals surface area (Å²) in [5.41, 5.74) is -0.409. The van der Waals surface area contributed by atoms with Crippen LogP contribution in [0.4, 0.5) is 0 Å². The first-order valence-corrected chi connectivity index (χ1v) is 16.7. The van der Waals surface area contributed by atoms with Crippen molar-refractivity contribution in [1.29, 1.82) is 0 Å². The van der Waals surface area contributed by atoms with Crippen LogP contribution in [0.2, 0.25) is 0 Å². The van der Waals surface area contributed by atoms with E-state index in [-0.39, 0.29) is 51.6 Å². The second-order valence-electron chi connectivity index (χ2n) is 17.4. The molecule has 42 heavy (non-hydrogen) atoms. The van der Waals surface area contributed by atoms with Crippen molar-refractivity contribution in [3.05, 3.63) is 12.2 Å². The van der Waals surface area contributed by atoms with E-state index >= 15 is 0 Å². The minimum Gasteiger partial charge on any atom is -0.481 e. The van der Waals surface area contributed by atoms with E-state index in [1.165, 1.54) is 0 Å². The molecule has 13 atom stereocenters. The Hall–Kier alpha value is -0.990. The first-order valence-electron chi connectivity index (χ1n) is 16.7. The van der Waals surface area contributed by atoms with Gasteiger partial charge in [0.05, 0.1) is 18.1 Å². The van der Waals surface area contributed by atoms with E-state index in [9.17, 15) is 25.2 Å². The number of carboxylic acid groups (broad SMARTS) is 1. The van der Waals surface area contributed by atoms with Crippen LogP contribution in [0.3, 0.4) is 0 Å². The van der Waals surface area contributed by atoms with Crippen LogP contribution in [-0.4, -0.2) is 63.7 Å². The summed E-state index contributed by atoms with van der Waals surface area (Å²) >= 11 is 0. The molecule has 1 heterocycles. The first-order chi connectivity index (χ1) is 19.5. The van der Waals surface area contributed by atoms with Gasteiger partial charge in [0.15, 0.2) is 6.29 Å². The molecule has 7 heteroatoms. The van der Waals surface area contributed by atoms with Crippen LogP contribution in [0.5, 0.6) is 0 Å². The highest BCUT2D eigenvalue weighted by atomic mass is 16.7. The van der Waals surface area contributed by atoms with E-state index in [4.69, 9.17) is 9.47 Å². The summed E-state index contributed by atoms with van der Waals surface area (Å²) in [5, 5.41) is 41.0. The van der Waals surface area contributed by atoms with Gasteiger partial charge in [-0.1, -0.05) is 60.6 Å². The molecule has 6 aliphatic rings. The predicted molar refractivity (Wildman–Crippen MR) is 159 cm³/mol. The molecule has 5 fully saturated rings. The number of aliphatic hydroxyl groups is 3. The summed E-state index contributed by atoms with van der Waals surface area (Å²) in [6.07, 6.45) is 9.35. The van der Waals surface area contributed by atoms with Crippen LogP contribution in [0, 0.1) is 56.2 Å². The molecule has 1 aliphatic heterocycles. The number of rotatable bonds is 4. The summed E-state index contributed by atoms with van der Waals surface area (Å²) in [5.74, 6) is 0.680. The number of hydrogen-bond donors (Lipinski definition) is 4. The molecule has 0 spiro atoms. The molecule has 0 amide bonds. The Kier molecular flexibility index (Phi) is 7.20. The standard InChI is InChI=1S/C35H56O7/c1-30(2)14-16-35(29(39)40)17-15-33(6)20(21(35)18-30)8-9-24-32(5)12-11-25(31(3,4)23(32)10-13-34(24,33)7)42-28-27(38)26(37)22(19-36)41-28/h8-9,20-28,36-38H,10-19H2,1-7H3,(H,39,40)/t20-,21-,22+,23-,24-,25-,26+,27-,28+,32-,33+,34+,35+/m0/s1. The van der Waals surface area contributed by atoms with Crippen LogP contribution < -0.4 is 0 Å². The summed E-state index contributed by atoms with van der Waals surface area (Å²) in [6, 6.07) is 0. The zero-order chi connectivity index (χ0) is 30.7. The van der Waals surface area contributed by atoms with Gasteiger partial charge in [0.2, 0.25) is 0 Å². The lowest BCUT2D eigenvalue weighted by atomic mass is 9.33. The van der Waals surface area contributed by atoms with Gasteiger partial charge < -0.3 is 29.9 Å². The van der Waals surface area contributed by atoms with Crippen LogP contribution in [0.1, 0.15) is 106 Å². The van der Waals surface area contributed by atoms with Gasteiger partial charge in [-0.2, -0.15) is 0 Å². The average Bonchev–Trinajstić information content (AvgIpc) is 3.18. The number of carboxylic acids is 1. The third kappa shape index (κ3) is 4.05. The molecule has 1 saturated heterocycles. The molecule has 0 aromatic rings. The number of aliphatic hydroxyl groups excluding tert-OH is 3. The van der Waals surface area contributed by atoms with Crippen molar-refractivity contribution >= 4 is 5.97 Å². The highest BCUT2D eigenvalue weighted by molar-refractivity contribution is 5.75. The highest BCUT2D eigenvalue weighted by Gasteiger charge is 2.70. The zero-order valence-corrected chi connectivity index (χ0v) is 26.9. The number of aliphatic carboxylic acids is 1. The molecule has 7 nitrogen and oxygen atoms in total. The Morgan fingerprint density at radius 3 is 2.21 bits per heavy atom. The molecule has 0 unspecified atom stereocenters. The summed E-state index contributed by atoms with van der Waals surface area (Å²) in [6.45, 7) is 16.4. The topological polar surface area (TPSA) is 116 Å². The summed E-state index contributed by atoms with van der Waals surface area (Å²) in [4.78, 5) is 12.9. The van der Waals surface area contributed by atoms with Gasteiger partial charge in [-0.15, -0.1) is 0 Å². The van der Waals surface area contributed by atoms with Gasteiger partial charge in [-0.25, -0.2) is 0 Å². The Bertz CT molecular complexity index is 1120. The van der Waals surface area contributed by atoms with Crippen LogP contribution in [0.15, 0.2) is 12.2 Å². The van der Waals surface area contributed by atoms with Gasteiger partial charge in [0.1, 0.15) is 18.3 Å². The van der Waals surface area contributed by atoms with Crippen molar-refractivity contribution in [2.75, 3.05) is 6.61 Å². The predicted octanol–water partition coefficient (Wildman–Crippen LogP) is 5.55. The molecular formula is C35H56O7. The van der Waals surface area contributed by atoms with E-state index in [0.717, 1.165) is 57.8 Å². The number of fused-ring (bicyclic) bond motifs is 7. The Balaban J connectivity index is 1.30. The minimum absolute atomic E-state index is 0.0478. The van der Waals surface area contributed by atoms with E-state index in [1.54, 1.807) is 0 Å². The summed E-state index contributed by atoms with van der Waals surface area (Å²) in [7, 11) is 0. The van der Waals surface area contributed by atoms with Gasteiger partial charge in [-0.05, 0) is 109 Å². The molecule has 238 valence electrons. The summed E-state index contributed by atoms with van der Waals surface area (Å²) < 4.78 is 12.2. The van der Waals surface area contributed by atoms with Gasteiger partial charge >= 0.3 is 5.97 Å². The van der Waals surface area contributed by atoms with Gasteiger partial charge in [0, 0.05) is 0 Å². The van der Waals surface area contributed by atoms with Crippen LogP contribution in [0.25, 0.3) is 0 Å². The lowest BCUT2D eigenvalue weighted by Crippen LogP contribution is -2.66. The molecule has 5 aliphatic carbocycles.